The summed E-state index contributed by atoms with van der Waals surface area (Å²) in [4.78, 5) is 27.8. The molecular formula is C23H26FNO4. The van der Waals surface area contributed by atoms with Gasteiger partial charge in [0.2, 0.25) is 0 Å². The molecule has 6 heteroatoms. The van der Waals surface area contributed by atoms with E-state index in [1.807, 2.05) is 26.8 Å². The highest BCUT2D eigenvalue weighted by Gasteiger charge is 2.45. The molecule has 0 spiro atoms. The number of hydrogen-bond donors (Lipinski definition) is 0. The molecular weight excluding hydrogens is 373 g/mol. The molecule has 0 aromatic heterocycles. The molecule has 2 aromatic rings. The molecule has 0 aliphatic carbocycles. The van der Waals surface area contributed by atoms with Gasteiger partial charge in [0.05, 0.1) is 25.3 Å². The standard InChI is InChI=1S/C23H26FNO4/c1-23(2,3)29-22(27)25-15-10-14(11-16(25)13-28-12-15)21(26)19-8-9-20(24)18-7-5-4-6-17(18)19/h4-9,14-16H,10-13H2,1-3H3. The predicted molar refractivity (Wildman–Crippen MR) is 107 cm³/mol. The number of benzene rings is 2. The van der Waals surface area contributed by atoms with E-state index in [-0.39, 0.29) is 35.7 Å². The van der Waals surface area contributed by atoms with Gasteiger partial charge in [0.15, 0.2) is 5.78 Å². The number of carbonyl (C=O) groups is 2. The summed E-state index contributed by atoms with van der Waals surface area (Å²) in [5.74, 6) is -0.564. The number of ketones is 1. The zero-order valence-corrected chi connectivity index (χ0v) is 17.0. The lowest BCUT2D eigenvalue weighted by atomic mass is 9.80. The lowest BCUT2D eigenvalue weighted by molar-refractivity contribution is -0.0861. The largest absolute Gasteiger partial charge is 0.444 e. The second-order valence-electron chi connectivity index (χ2n) is 8.91. The topological polar surface area (TPSA) is 55.8 Å². The van der Waals surface area contributed by atoms with Gasteiger partial charge >= 0.3 is 6.09 Å². The molecule has 0 saturated carbocycles. The molecule has 0 radical (unpaired) electrons. The van der Waals surface area contributed by atoms with E-state index < -0.39 is 5.60 Å². The molecule has 2 atom stereocenters. The molecule has 2 heterocycles. The van der Waals surface area contributed by atoms with Gasteiger partial charge in [0, 0.05) is 16.9 Å². The summed E-state index contributed by atoms with van der Waals surface area (Å²) in [5, 5.41) is 1.08. The van der Waals surface area contributed by atoms with Crippen LogP contribution in [-0.4, -0.2) is 47.7 Å². The van der Waals surface area contributed by atoms with Crippen LogP contribution < -0.4 is 0 Å². The Balaban J connectivity index is 1.59. The van der Waals surface area contributed by atoms with E-state index >= 15 is 0 Å². The predicted octanol–water partition coefficient (Wildman–Crippen LogP) is 4.58. The Kier molecular flexibility index (Phi) is 5.07. The quantitative estimate of drug-likeness (QED) is 0.694. The highest BCUT2D eigenvalue weighted by Crippen LogP contribution is 2.36. The number of amides is 1. The van der Waals surface area contributed by atoms with Crippen molar-refractivity contribution in [3.05, 3.63) is 47.8 Å². The fraction of sp³-hybridized carbons (Fsp3) is 0.478. The minimum absolute atomic E-state index is 0.00180. The van der Waals surface area contributed by atoms with E-state index in [0.717, 1.165) is 0 Å². The maximum absolute atomic E-state index is 14.1. The second kappa shape index (κ2) is 7.41. The van der Waals surface area contributed by atoms with Gasteiger partial charge in [-0.05, 0) is 51.1 Å². The van der Waals surface area contributed by atoms with Crippen LogP contribution in [0.5, 0.6) is 0 Å². The number of piperidine rings is 1. The van der Waals surface area contributed by atoms with Gasteiger partial charge in [-0.2, -0.15) is 0 Å². The fourth-order valence-corrected chi connectivity index (χ4v) is 4.44. The highest BCUT2D eigenvalue weighted by molar-refractivity contribution is 6.09. The Morgan fingerprint density at radius 1 is 1.03 bits per heavy atom. The van der Waals surface area contributed by atoms with Crippen LogP contribution in [0, 0.1) is 11.7 Å². The van der Waals surface area contributed by atoms with Crippen molar-refractivity contribution in [3.8, 4) is 0 Å². The van der Waals surface area contributed by atoms with Crippen LogP contribution >= 0.6 is 0 Å². The first-order valence-corrected chi connectivity index (χ1v) is 10.0. The minimum atomic E-state index is -0.577. The number of fused-ring (bicyclic) bond motifs is 3. The molecule has 0 N–H and O–H groups in total. The van der Waals surface area contributed by atoms with E-state index in [9.17, 15) is 14.0 Å². The van der Waals surface area contributed by atoms with Crippen LogP contribution in [-0.2, 0) is 9.47 Å². The van der Waals surface area contributed by atoms with E-state index in [1.165, 1.54) is 6.07 Å². The van der Waals surface area contributed by atoms with Gasteiger partial charge in [-0.3, -0.25) is 9.69 Å². The highest BCUT2D eigenvalue weighted by atomic mass is 19.1. The molecule has 2 aliphatic heterocycles. The van der Waals surface area contributed by atoms with Crippen LogP contribution in [0.4, 0.5) is 9.18 Å². The third kappa shape index (κ3) is 3.86. The summed E-state index contributed by atoms with van der Waals surface area (Å²) in [6.07, 6.45) is 0.675. The average Bonchev–Trinajstić information content (AvgIpc) is 2.65. The first kappa shape index (κ1) is 19.8. The number of carbonyl (C=O) groups excluding carboxylic acids is 2. The van der Waals surface area contributed by atoms with Crippen LogP contribution in [0.1, 0.15) is 44.0 Å². The van der Waals surface area contributed by atoms with E-state index in [0.29, 0.717) is 42.4 Å². The van der Waals surface area contributed by atoms with Gasteiger partial charge < -0.3 is 9.47 Å². The van der Waals surface area contributed by atoms with Gasteiger partial charge in [0.25, 0.3) is 0 Å². The van der Waals surface area contributed by atoms with Crippen molar-refractivity contribution >= 4 is 22.6 Å². The number of Topliss-reactive ketones (excluding diaryl/α,β-unsaturated/α-hetero) is 1. The van der Waals surface area contributed by atoms with E-state index in [2.05, 4.69) is 0 Å². The molecule has 1 amide bonds. The number of rotatable bonds is 2. The molecule has 2 bridgehead atoms. The Hall–Kier alpha value is -2.47. The summed E-state index contributed by atoms with van der Waals surface area (Å²) in [7, 11) is 0. The Morgan fingerprint density at radius 3 is 2.28 bits per heavy atom. The number of halogens is 1. The molecule has 2 aromatic carbocycles. The normalized spacial score (nSPS) is 24.4. The van der Waals surface area contributed by atoms with Gasteiger partial charge in [-0.1, -0.05) is 24.3 Å². The smallest absolute Gasteiger partial charge is 0.410 e. The summed E-state index contributed by atoms with van der Waals surface area (Å²) in [5.41, 5.74) is -0.0388. The fourth-order valence-electron chi connectivity index (χ4n) is 4.44. The van der Waals surface area contributed by atoms with Crippen LogP contribution in [0.2, 0.25) is 0 Å². The Labute approximate surface area is 169 Å². The number of nitrogens with zero attached hydrogens (tertiary/aromatic N) is 1. The average molecular weight is 399 g/mol. The summed E-state index contributed by atoms with van der Waals surface area (Å²) >= 11 is 0. The molecule has 2 fully saturated rings. The molecule has 29 heavy (non-hydrogen) atoms. The van der Waals surface area contributed by atoms with Crippen molar-refractivity contribution in [1.82, 2.24) is 4.90 Å². The van der Waals surface area contributed by atoms with E-state index in [1.54, 1.807) is 29.2 Å². The number of morpholine rings is 1. The summed E-state index contributed by atoms with van der Waals surface area (Å²) < 4.78 is 25.4. The first-order valence-electron chi connectivity index (χ1n) is 10.0. The lowest BCUT2D eigenvalue weighted by Gasteiger charge is -2.47. The summed E-state index contributed by atoms with van der Waals surface area (Å²) in [6.45, 7) is 6.31. The van der Waals surface area contributed by atoms with E-state index in [4.69, 9.17) is 9.47 Å². The zero-order chi connectivity index (χ0) is 20.8. The molecule has 2 saturated heterocycles. The van der Waals surface area contributed by atoms with Crippen LogP contribution in [0.15, 0.2) is 36.4 Å². The lowest BCUT2D eigenvalue weighted by Crippen LogP contribution is -2.60. The first-order chi connectivity index (χ1) is 13.7. The van der Waals surface area contributed by atoms with Crippen molar-refractivity contribution in [1.29, 1.82) is 0 Å². The monoisotopic (exact) mass is 399 g/mol. The molecule has 4 rings (SSSR count). The number of ether oxygens (including phenoxy) is 2. The SMILES string of the molecule is CC(C)(C)OC(=O)N1C2COCC1CC(C(=O)c1ccc(F)c3ccccc13)C2. The maximum atomic E-state index is 14.1. The van der Waals surface area contributed by atoms with Crippen molar-refractivity contribution in [2.75, 3.05) is 13.2 Å². The zero-order valence-electron chi connectivity index (χ0n) is 17.0. The third-order valence-electron chi connectivity index (χ3n) is 5.63. The minimum Gasteiger partial charge on any atom is -0.444 e. The van der Waals surface area contributed by atoms with Crippen molar-refractivity contribution in [2.24, 2.45) is 5.92 Å². The maximum Gasteiger partial charge on any atom is 0.410 e. The number of hydrogen-bond acceptors (Lipinski definition) is 4. The van der Waals surface area contributed by atoms with Crippen LogP contribution in [0.25, 0.3) is 10.8 Å². The molecule has 2 unspecified atom stereocenters. The van der Waals surface area contributed by atoms with Crippen molar-refractivity contribution in [2.45, 2.75) is 51.3 Å². The van der Waals surface area contributed by atoms with Gasteiger partial charge in [-0.25, -0.2) is 9.18 Å². The van der Waals surface area contributed by atoms with Gasteiger partial charge in [-0.15, -0.1) is 0 Å². The Bertz CT molecular complexity index is 938. The molecule has 2 aliphatic rings. The third-order valence-corrected chi connectivity index (χ3v) is 5.63. The van der Waals surface area contributed by atoms with Crippen molar-refractivity contribution in [3.63, 3.8) is 0 Å². The van der Waals surface area contributed by atoms with Crippen LogP contribution in [0.3, 0.4) is 0 Å². The van der Waals surface area contributed by atoms with Crippen molar-refractivity contribution < 1.29 is 23.5 Å². The summed E-state index contributed by atoms with van der Waals surface area (Å²) in [6, 6.07) is 9.59. The van der Waals surface area contributed by atoms with Gasteiger partial charge in [0.1, 0.15) is 11.4 Å². The second-order valence-corrected chi connectivity index (χ2v) is 8.91. The Morgan fingerprint density at radius 2 is 1.66 bits per heavy atom. The molecule has 154 valence electrons. The molecule has 5 nitrogen and oxygen atoms in total.